The Balaban J connectivity index is 1.46. The fourth-order valence-electron chi connectivity index (χ4n) is 4.29. The third-order valence-corrected chi connectivity index (χ3v) is 6.37. The van der Waals surface area contributed by atoms with Crippen molar-refractivity contribution in [1.82, 2.24) is 0 Å². The average molecular weight is 498 g/mol. The number of ether oxygens (including phenoxy) is 2. The van der Waals surface area contributed by atoms with Gasteiger partial charge in [0.2, 0.25) is 0 Å². The lowest BCUT2D eigenvalue weighted by atomic mass is 10.0. The molecule has 0 amide bonds. The fourth-order valence-corrected chi connectivity index (χ4v) is 4.29. The van der Waals surface area contributed by atoms with Crippen molar-refractivity contribution < 1.29 is 19.4 Å². The van der Waals surface area contributed by atoms with Gasteiger partial charge in [0.25, 0.3) is 0 Å². The van der Waals surface area contributed by atoms with Crippen LogP contribution in [0.4, 0.5) is 5.69 Å². The Bertz CT molecular complexity index is 839. The van der Waals surface area contributed by atoms with E-state index in [1.807, 2.05) is 12.1 Å². The van der Waals surface area contributed by atoms with Crippen LogP contribution in [0.5, 0.6) is 11.5 Å². The number of phenols is 1. The lowest BCUT2D eigenvalue weighted by Gasteiger charge is -2.10. The van der Waals surface area contributed by atoms with Crippen LogP contribution >= 0.6 is 0 Å². The van der Waals surface area contributed by atoms with Crippen molar-refractivity contribution in [2.75, 3.05) is 25.1 Å². The molecule has 5 nitrogen and oxygen atoms in total. The number of benzene rings is 2. The number of hydrogen-bond donors (Lipinski definition) is 2. The van der Waals surface area contributed by atoms with E-state index in [0.717, 1.165) is 12.2 Å². The number of anilines is 1. The number of aryl methyl sites for hydroxylation is 1. The molecule has 0 aliphatic heterocycles. The molecule has 0 aliphatic rings. The molecule has 5 heteroatoms. The summed E-state index contributed by atoms with van der Waals surface area (Å²) in [4.78, 5) is 11.9. The molecule has 2 aromatic carbocycles. The number of carbonyl (C=O) groups is 1. The van der Waals surface area contributed by atoms with Gasteiger partial charge >= 0.3 is 5.97 Å². The fraction of sp³-hybridized carbons (Fsp3) is 0.581. The molecule has 0 saturated heterocycles. The van der Waals surface area contributed by atoms with E-state index in [4.69, 9.17) is 9.47 Å². The van der Waals surface area contributed by atoms with Gasteiger partial charge in [0.1, 0.15) is 31.3 Å². The summed E-state index contributed by atoms with van der Waals surface area (Å²) in [5.41, 5.74) is 1.96. The summed E-state index contributed by atoms with van der Waals surface area (Å²) >= 11 is 0. The smallest absolute Gasteiger partial charge is 0.325 e. The first kappa shape index (κ1) is 29.5. The highest BCUT2D eigenvalue weighted by atomic mass is 16.6. The Labute approximate surface area is 218 Å². The molecule has 2 aromatic rings. The molecule has 0 radical (unpaired) electrons. The third-order valence-electron chi connectivity index (χ3n) is 6.37. The quantitative estimate of drug-likeness (QED) is 0.135. The topological polar surface area (TPSA) is 67.8 Å². The summed E-state index contributed by atoms with van der Waals surface area (Å²) in [6.45, 7) is 2.83. The van der Waals surface area contributed by atoms with Crippen molar-refractivity contribution in [3.8, 4) is 11.5 Å². The Morgan fingerprint density at radius 1 is 0.778 bits per heavy atom. The largest absolute Gasteiger partial charge is 0.508 e. The molecule has 0 aromatic heterocycles. The van der Waals surface area contributed by atoms with Gasteiger partial charge in [0.15, 0.2) is 0 Å². The van der Waals surface area contributed by atoms with E-state index in [-0.39, 0.29) is 24.9 Å². The van der Waals surface area contributed by atoms with E-state index in [1.165, 1.54) is 89.0 Å². The third kappa shape index (κ3) is 14.7. The predicted octanol–water partition coefficient (Wildman–Crippen LogP) is 8.06. The maximum Gasteiger partial charge on any atom is 0.325 e. The van der Waals surface area contributed by atoms with Crippen LogP contribution in [0, 0.1) is 0 Å². The van der Waals surface area contributed by atoms with Crippen LogP contribution in [-0.4, -0.2) is 30.8 Å². The predicted molar refractivity (Wildman–Crippen MR) is 149 cm³/mol. The Hall–Kier alpha value is -2.69. The van der Waals surface area contributed by atoms with Crippen molar-refractivity contribution in [2.24, 2.45) is 0 Å². The van der Waals surface area contributed by atoms with Crippen LogP contribution < -0.4 is 10.1 Å². The zero-order chi connectivity index (χ0) is 25.7. The Kier molecular flexibility index (Phi) is 16.0. The molecule has 0 bridgehead atoms. The molecule has 0 heterocycles. The Morgan fingerprint density at radius 3 is 2.08 bits per heavy atom. The molecule has 0 spiro atoms. The van der Waals surface area contributed by atoms with Crippen LogP contribution in [0.2, 0.25) is 0 Å². The van der Waals surface area contributed by atoms with Crippen LogP contribution in [0.15, 0.2) is 48.5 Å². The lowest BCUT2D eigenvalue weighted by Crippen LogP contribution is -2.19. The van der Waals surface area contributed by atoms with E-state index in [2.05, 4.69) is 24.4 Å². The second kappa shape index (κ2) is 19.5. The molecule has 2 rings (SSSR count). The first-order valence-corrected chi connectivity index (χ1v) is 14.1. The maximum absolute atomic E-state index is 11.9. The molecular formula is C31H47NO4. The zero-order valence-electron chi connectivity index (χ0n) is 22.3. The molecule has 200 valence electrons. The second-order valence-corrected chi connectivity index (χ2v) is 9.61. The minimum Gasteiger partial charge on any atom is -0.508 e. The number of esters is 1. The van der Waals surface area contributed by atoms with Crippen LogP contribution in [0.3, 0.4) is 0 Å². The number of nitrogens with one attached hydrogen (secondary N) is 1. The SMILES string of the molecule is CCCCCCCCCCCCCCCc1cccc(OCCOC(=O)CNc2cccc(O)c2)c1. The van der Waals surface area contributed by atoms with Crippen LogP contribution in [0.25, 0.3) is 0 Å². The van der Waals surface area contributed by atoms with Crippen molar-refractivity contribution in [1.29, 1.82) is 0 Å². The second-order valence-electron chi connectivity index (χ2n) is 9.61. The maximum atomic E-state index is 11.9. The van der Waals surface area contributed by atoms with E-state index < -0.39 is 0 Å². The van der Waals surface area contributed by atoms with E-state index in [9.17, 15) is 9.90 Å². The highest BCUT2D eigenvalue weighted by molar-refractivity contribution is 5.75. The van der Waals surface area contributed by atoms with E-state index >= 15 is 0 Å². The van der Waals surface area contributed by atoms with Crippen molar-refractivity contribution >= 4 is 11.7 Å². The number of unbranched alkanes of at least 4 members (excludes halogenated alkanes) is 12. The number of rotatable bonds is 21. The summed E-state index contributed by atoms with van der Waals surface area (Å²) < 4.78 is 11.0. The highest BCUT2D eigenvalue weighted by Crippen LogP contribution is 2.17. The first-order chi connectivity index (χ1) is 17.7. The highest BCUT2D eigenvalue weighted by Gasteiger charge is 2.04. The monoisotopic (exact) mass is 497 g/mol. The molecule has 0 aliphatic carbocycles. The van der Waals surface area contributed by atoms with Gasteiger partial charge in [-0.25, -0.2) is 0 Å². The number of aromatic hydroxyl groups is 1. The number of hydrogen-bond acceptors (Lipinski definition) is 5. The van der Waals surface area contributed by atoms with Crippen molar-refractivity contribution in [2.45, 2.75) is 96.8 Å². The number of carbonyl (C=O) groups excluding carboxylic acids is 1. The van der Waals surface area contributed by atoms with Crippen molar-refractivity contribution in [3.63, 3.8) is 0 Å². The standard InChI is InChI=1S/C31H47NO4/c1-2-3-4-5-6-7-8-9-10-11-12-13-14-17-27-18-15-21-30(24-27)35-22-23-36-31(34)26-32-28-19-16-20-29(33)25-28/h15-16,18-21,24-25,32-33H,2-14,17,22-23,26H2,1H3. The van der Waals surface area contributed by atoms with Gasteiger partial charge < -0.3 is 19.9 Å². The molecule has 0 fully saturated rings. The number of phenolic OH excluding ortho intramolecular Hbond substituents is 1. The minimum absolute atomic E-state index is 0.0397. The van der Waals surface area contributed by atoms with Gasteiger partial charge in [-0.2, -0.15) is 0 Å². The van der Waals surface area contributed by atoms with E-state index in [1.54, 1.807) is 24.3 Å². The normalized spacial score (nSPS) is 10.8. The summed E-state index contributed by atoms with van der Waals surface area (Å²) in [6.07, 6.45) is 18.9. The molecular weight excluding hydrogens is 450 g/mol. The van der Waals surface area contributed by atoms with Gasteiger partial charge in [-0.3, -0.25) is 4.79 Å². The molecule has 0 saturated carbocycles. The molecule has 0 unspecified atom stereocenters. The van der Waals surface area contributed by atoms with Gasteiger partial charge in [0, 0.05) is 11.8 Å². The van der Waals surface area contributed by atoms with Gasteiger partial charge in [-0.1, -0.05) is 102 Å². The molecule has 0 atom stereocenters. The first-order valence-electron chi connectivity index (χ1n) is 14.1. The summed E-state index contributed by atoms with van der Waals surface area (Å²) in [5.74, 6) is 0.604. The Morgan fingerprint density at radius 2 is 1.42 bits per heavy atom. The van der Waals surface area contributed by atoms with Gasteiger partial charge in [0.05, 0.1) is 0 Å². The zero-order valence-corrected chi connectivity index (χ0v) is 22.3. The molecule has 2 N–H and O–H groups in total. The van der Waals surface area contributed by atoms with Crippen LogP contribution in [0.1, 0.15) is 96.0 Å². The minimum atomic E-state index is -0.363. The van der Waals surface area contributed by atoms with Gasteiger partial charge in [-0.05, 0) is 42.7 Å². The summed E-state index contributed by atoms with van der Waals surface area (Å²) in [7, 11) is 0. The molecule has 36 heavy (non-hydrogen) atoms. The summed E-state index contributed by atoms with van der Waals surface area (Å²) in [5, 5.41) is 12.4. The van der Waals surface area contributed by atoms with Gasteiger partial charge in [-0.15, -0.1) is 0 Å². The van der Waals surface area contributed by atoms with Crippen LogP contribution in [-0.2, 0) is 16.0 Å². The van der Waals surface area contributed by atoms with Crippen molar-refractivity contribution in [3.05, 3.63) is 54.1 Å². The average Bonchev–Trinajstić information content (AvgIpc) is 2.88. The lowest BCUT2D eigenvalue weighted by molar-refractivity contribution is -0.142. The summed E-state index contributed by atoms with van der Waals surface area (Å²) in [6, 6.07) is 14.8. The van der Waals surface area contributed by atoms with E-state index in [0.29, 0.717) is 12.3 Å².